The summed E-state index contributed by atoms with van der Waals surface area (Å²) in [6, 6.07) is 0. The number of fused-ring (bicyclic) bond motifs is 1. The summed E-state index contributed by atoms with van der Waals surface area (Å²) < 4.78 is 26.1. The zero-order valence-electron chi connectivity index (χ0n) is 11.3. The summed E-state index contributed by atoms with van der Waals surface area (Å²) in [5.41, 5.74) is 0.687. The summed E-state index contributed by atoms with van der Waals surface area (Å²) in [5, 5.41) is 7.37. The Kier molecular flexibility index (Phi) is 4.11. The first-order chi connectivity index (χ1) is 9.33. The average molecular weight is 319 g/mol. The van der Waals surface area contributed by atoms with Crippen LogP contribution in [0.3, 0.4) is 0 Å². The van der Waals surface area contributed by atoms with Crippen molar-refractivity contribution >= 4 is 33.2 Å². The van der Waals surface area contributed by atoms with Crippen molar-refractivity contribution in [3.63, 3.8) is 0 Å². The Morgan fingerprint density at radius 1 is 1.45 bits per heavy atom. The fourth-order valence-corrected chi connectivity index (χ4v) is 2.48. The van der Waals surface area contributed by atoms with Gasteiger partial charge in [-0.25, -0.2) is 12.7 Å². The summed E-state index contributed by atoms with van der Waals surface area (Å²) in [7, 11) is -0.255. The lowest BCUT2D eigenvalue weighted by Crippen LogP contribution is -2.29. The number of hydrogen-bond donors (Lipinski definition) is 1. The van der Waals surface area contributed by atoms with E-state index in [1.807, 2.05) is 0 Å². The molecule has 0 bridgehead atoms. The highest BCUT2D eigenvalue weighted by atomic mass is 35.5. The van der Waals surface area contributed by atoms with Gasteiger partial charge in [-0.2, -0.15) is 19.6 Å². The molecule has 0 unspecified atom stereocenters. The van der Waals surface area contributed by atoms with Gasteiger partial charge in [0, 0.05) is 26.2 Å². The first-order valence-corrected chi connectivity index (χ1v) is 7.81. The monoisotopic (exact) mass is 318 g/mol. The molecule has 2 rings (SSSR count). The molecule has 0 fully saturated rings. The van der Waals surface area contributed by atoms with E-state index < -0.39 is 10.0 Å². The van der Waals surface area contributed by atoms with Crippen molar-refractivity contribution in [2.75, 3.05) is 31.7 Å². The second-order valence-corrected chi connectivity index (χ2v) is 7.03. The van der Waals surface area contributed by atoms with Crippen molar-refractivity contribution in [2.24, 2.45) is 0 Å². The minimum absolute atomic E-state index is 0.0322. The molecule has 0 radical (unpaired) electrons. The van der Waals surface area contributed by atoms with Crippen LogP contribution in [-0.2, 0) is 10.0 Å². The van der Waals surface area contributed by atoms with Gasteiger partial charge in [-0.1, -0.05) is 11.6 Å². The third-order valence-corrected chi connectivity index (χ3v) is 5.01. The van der Waals surface area contributed by atoms with Crippen LogP contribution in [0.25, 0.3) is 5.78 Å². The van der Waals surface area contributed by atoms with Gasteiger partial charge in [-0.15, -0.1) is 0 Å². The number of aromatic nitrogens is 4. The Hall–Kier alpha value is -1.45. The summed E-state index contributed by atoms with van der Waals surface area (Å²) >= 11 is 6.01. The van der Waals surface area contributed by atoms with Crippen LogP contribution in [0.2, 0.25) is 5.15 Å². The Bertz CT molecular complexity index is 727. The molecule has 0 saturated carbocycles. The number of rotatable bonds is 5. The second-order valence-electron chi connectivity index (χ2n) is 4.37. The van der Waals surface area contributed by atoms with Gasteiger partial charge in [0.05, 0.1) is 5.75 Å². The van der Waals surface area contributed by atoms with Crippen LogP contribution in [0.5, 0.6) is 0 Å². The maximum absolute atomic E-state index is 11.7. The Balaban J connectivity index is 2.22. The topological polar surface area (TPSA) is 92.5 Å². The van der Waals surface area contributed by atoms with Gasteiger partial charge in [-0.3, -0.25) is 0 Å². The third-order valence-electron chi connectivity index (χ3n) is 2.81. The molecule has 2 heterocycles. The molecule has 0 aliphatic carbocycles. The summed E-state index contributed by atoms with van der Waals surface area (Å²) in [6.45, 7) is 2.01. The Morgan fingerprint density at radius 2 is 2.15 bits per heavy atom. The molecule has 0 aliphatic heterocycles. The number of nitrogens with zero attached hydrogens (tertiary/aromatic N) is 5. The van der Waals surface area contributed by atoms with Gasteiger partial charge in [0.15, 0.2) is 0 Å². The van der Waals surface area contributed by atoms with Crippen LogP contribution >= 0.6 is 11.6 Å². The third kappa shape index (κ3) is 2.84. The highest BCUT2D eigenvalue weighted by Gasteiger charge is 2.15. The minimum Gasteiger partial charge on any atom is -0.369 e. The van der Waals surface area contributed by atoms with E-state index in [1.54, 1.807) is 6.92 Å². The number of anilines is 1. The predicted octanol–water partition coefficient (Wildman–Crippen LogP) is 0.389. The van der Waals surface area contributed by atoms with E-state index in [-0.39, 0.29) is 12.3 Å². The van der Waals surface area contributed by atoms with Crippen molar-refractivity contribution < 1.29 is 8.42 Å². The van der Waals surface area contributed by atoms with Crippen LogP contribution < -0.4 is 5.32 Å². The smallest absolute Gasteiger partial charge is 0.255 e. The largest absolute Gasteiger partial charge is 0.369 e. The predicted molar refractivity (Wildman–Crippen MR) is 76.5 cm³/mol. The molecule has 0 aromatic carbocycles. The Labute approximate surface area is 121 Å². The molecule has 0 amide bonds. The molecule has 110 valence electrons. The molecule has 0 saturated heterocycles. The molecule has 2 aromatic rings. The summed E-state index contributed by atoms with van der Waals surface area (Å²) in [4.78, 5) is 8.03. The lowest BCUT2D eigenvalue weighted by molar-refractivity contribution is 0.521. The molecule has 0 atom stereocenters. The molecule has 0 spiro atoms. The molecule has 8 nitrogen and oxygen atoms in total. The molecule has 1 N–H and O–H groups in total. The van der Waals surface area contributed by atoms with E-state index in [9.17, 15) is 8.42 Å². The van der Waals surface area contributed by atoms with Crippen LogP contribution in [-0.4, -0.2) is 58.7 Å². The van der Waals surface area contributed by atoms with Crippen molar-refractivity contribution in [1.29, 1.82) is 0 Å². The molecule has 2 aromatic heterocycles. The van der Waals surface area contributed by atoms with Crippen molar-refractivity contribution in [3.05, 3.63) is 17.0 Å². The number of sulfonamides is 1. The first kappa shape index (κ1) is 14.9. The van der Waals surface area contributed by atoms with Gasteiger partial charge in [0.25, 0.3) is 5.78 Å². The van der Waals surface area contributed by atoms with Crippen LogP contribution in [0.1, 0.15) is 5.56 Å². The van der Waals surface area contributed by atoms with Crippen molar-refractivity contribution in [2.45, 2.75) is 6.92 Å². The first-order valence-electron chi connectivity index (χ1n) is 5.83. The molecule has 0 aliphatic rings. The molecule has 20 heavy (non-hydrogen) atoms. The van der Waals surface area contributed by atoms with Gasteiger partial charge < -0.3 is 5.32 Å². The van der Waals surface area contributed by atoms with Gasteiger partial charge in [0.2, 0.25) is 10.0 Å². The fraction of sp³-hybridized carbons (Fsp3) is 0.500. The van der Waals surface area contributed by atoms with E-state index in [4.69, 9.17) is 11.6 Å². The van der Waals surface area contributed by atoms with Crippen LogP contribution in [0, 0.1) is 6.92 Å². The second kappa shape index (κ2) is 5.51. The standard InChI is InChI=1S/C10H15ClN6O2S/c1-7-8(11)15-10-13-6-14-17(10)9(7)12-4-5-20(18,19)16(2)3/h6,12H,4-5H2,1-3H3. The number of halogens is 1. The lowest BCUT2D eigenvalue weighted by Gasteiger charge is -2.14. The normalized spacial score (nSPS) is 12.2. The quantitative estimate of drug-likeness (QED) is 0.802. The maximum atomic E-state index is 11.7. The zero-order valence-corrected chi connectivity index (χ0v) is 12.9. The van der Waals surface area contributed by atoms with Crippen LogP contribution in [0.15, 0.2) is 6.33 Å². The molecule has 10 heteroatoms. The van der Waals surface area contributed by atoms with E-state index in [0.717, 1.165) is 0 Å². The van der Waals surface area contributed by atoms with E-state index in [2.05, 4.69) is 20.4 Å². The highest BCUT2D eigenvalue weighted by molar-refractivity contribution is 7.89. The van der Waals surface area contributed by atoms with Crippen LogP contribution in [0.4, 0.5) is 5.82 Å². The number of hydrogen-bond acceptors (Lipinski definition) is 6. The van der Waals surface area contributed by atoms with Crippen molar-refractivity contribution in [3.8, 4) is 0 Å². The maximum Gasteiger partial charge on any atom is 0.255 e. The van der Waals surface area contributed by atoms with E-state index in [0.29, 0.717) is 22.3 Å². The van der Waals surface area contributed by atoms with E-state index >= 15 is 0 Å². The van der Waals surface area contributed by atoms with Crippen molar-refractivity contribution in [1.82, 2.24) is 23.9 Å². The summed E-state index contributed by atoms with van der Waals surface area (Å²) in [5.74, 6) is 0.917. The molecular weight excluding hydrogens is 304 g/mol. The average Bonchev–Trinajstić information content (AvgIpc) is 2.81. The van der Waals surface area contributed by atoms with Gasteiger partial charge >= 0.3 is 0 Å². The SMILES string of the molecule is Cc1c(Cl)nc2ncnn2c1NCCS(=O)(=O)N(C)C. The molecular formula is C10H15ClN6O2S. The zero-order chi connectivity index (χ0) is 14.9. The highest BCUT2D eigenvalue weighted by Crippen LogP contribution is 2.21. The Morgan fingerprint density at radius 3 is 2.80 bits per heavy atom. The number of nitrogens with one attached hydrogen (secondary N) is 1. The van der Waals surface area contributed by atoms with Gasteiger partial charge in [-0.05, 0) is 6.92 Å². The van der Waals surface area contributed by atoms with Gasteiger partial charge in [0.1, 0.15) is 17.3 Å². The van der Waals surface area contributed by atoms with E-state index in [1.165, 1.54) is 29.2 Å². The minimum atomic E-state index is -3.25. The fourth-order valence-electron chi connectivity index (χ4n) is 1.59. The lowest BCUT2D eigenvalue weighted by atomic mass is 10.3. The summed E-state index contributed by atoms with van der Waals surface area (Å²) in [6.07, 6.45) is 1.36.